The maximum Gasteiger partial charge on any atom is 0.472 e. The minimum atomic E-state index is -4.40. The maximum absolute atomic E-state index is 12.8. The molecule has 0 amide bonds. The van der Waals surface area contributed by atoms with E-state index in [1.54, 1.807) is 0 Å². The molecule has 0 aromatic heterocycles. The summed E-state index contributed by atoms with van der Waals surface area (Å²) in [7, 11) is -4.40. The number of nitrogens with two attached hydrogens (primary N) is 1. The Balaban J connectivity index is 3.83. The number of esters is 2. The van der Waals surface area contributed by atoms with Gasteiger partial charge in [0.25, 0.3) is 0 Å². The highest BCUT2D eigenvalue weighted by atomic mass is 31.2. The van der Waals surface area contributed by atoms with Crippen LogP contribution in [0.2, 0.25) is 0 Å². The fourth-order valence-corrected chi connectivity index (χ4v) is 11.2. The van der Waals surface area contributed by atoms with Gasteiger partial charge in [-0.05, 0) is 103 Å². The molecule has 0 aromatic rings. The molecule has 89 heavy (non-hydrogen) atoms. The van der Waals surface area contributed by atoms with Gasteiger partial charge in [0.15, 0.2) is 6.10 Å². The largest absolute Gasteiger partial charge is 0.472 e. The molecule has 3 N–H and O–H groups in total. The number of phosphoric ester groups is 1. The standard InChI is InChI=1S/C79H138NO8P/c1-3-5-7-9-11-13-15-17-19-21-23-25-27-29-31-33-35-36-37-38-39-40-42-43-45-47-49-51-53-55-57-59-61-63-65-67-69-71-78(81)85-75-77(76-87-89(83,84)86-74-73-80)88-79(82)72-70-68-66-64-62-60-58-56-54-52-50-48-46-44-41-34-32-30-28-26-24-22-20-18-16-14-12-10-8-6-4-2/h5-8,11-14,17-20,23-26,30,32,41,44,77H,3-4,9-10,15-16,21-22,27-29,31,33-40,42-43,45-76,80H2,1-2H3,(H,83,84)/b7-5-,8-6-,13-11-,14-12-,19-17-,20-18-,25-23-,26-24-,32-30-,44-41-. The van der Waals surface area contributed by atoms with Gasteiger partial charge < -0.3 is 20.1 Å². The second-order valence-electron chi connectivity index (χ2n) is 24.4. The number of unbranched alkanes of at least 4 members (excludes halogenated alkanes) is 36. The van der Waals surface area contributed by atoms with Gasteiger partial charge in [-0.15, -0.1) is 0 Å². The van der Waals surface area contributed by atoms with Crippen molar-refractivity contribution in [3.05, 3.63) is 122 Å². The van der Waals surface area contributed by atoms with Crippen molar-refractivity contribution in [3.8, 4) is 0 Å². The van der Waals surface area contributed by atoms with Crippen molar-refractivity contribution < 1.29 is 37.6 Å². The number of allylic oxidation sites excluding steroid dienone is 20. The van der Waals surface area contributed by atoms with Crippen LogP contribution in [0.25, 0.3) is 0 Å². The van der Waals surface area contributed by atoms with Crippen molar-refractivity contribution >= 4 is 19.8 Å². The molecule has 0 heterocycles. The van der Waals surface area contributed by atoms with Gasteiger partial charge in [0.2, 0.25) is 0 Å². The molecule has 512 valence electrons. The Kier molecular flexibility index (Phi) is 70.5. The molecule has 0 aliphatic carbocycles. The lowest BCUT2D eigenvalue weighted by molar-refractivity contribution is -0.161. The lowest BCUT2D eigenvalue weighted by Crippen LogP contribution is -2.29. The molecule has 0 aliphatic heterocycles. The second-order valence-corrected chi connectivity index (χ2v) is 25.9. The van der Waals surface area contributed by atoms with E-state index < -0.39 is 26.5 Å². The number of ether oxygens (including phenoxy) is 2. The number of rotatable bonds is 69. The lowest BCUT2D eigenvalue weighted by Gasteiger charge is -2.19. The maximum atomic E-state index is 12.8. The Hall–Kier alpha value is -3.59. The van der Waals surface area contributed by atoms with Crippen LogP contribution in [0, 0.1) is 0 Å². The van der Waals surface area contributed by atoms with Crippen molar-refractivity contribution in [1.29, 1.82) is 0 Å². The van der Waals surface area contributed by atoms with Crippen molar-refractivity contribution in [1.82, 2.24) is 0 Å². The predicted octanol–water partition coefficient (Wildman–Crippen LogP) is 24.6. The van der Waals surface area contributed by atoms with E-state index in [9.17, 15) is 19.0 Å². The van der Waals surface area contributed by atoms with E-state index in [0.717, 1.165) is 103 Å². The Morgan fingerprint density at radius 1 is 0.337 bits per heavy atom. The Labute approximate surface area is 549 Å². The summed E-state index contributed by atoms with van der Waals surface area (Å²) in [6.45, 7) is 3.55. The first-order valence-corrected chi connectivity index (χ1v) is 38.5. The molecule has 0 spiro atoms. The van der Waals surface area contributed by atoms with Crippen LogP contribution in [0.5, 0.6) is 0 Å². The lowest BCUT2D eigenvalue weighted by atomic mass is 10.0. The number of hydrogen-bond donors (Lipinski definition) is 2. The van der Waals surface area contributed by atoms with Crippen LogP contribution >= 0.6 is 7.82 Å². The van der Waals surface area contributed by atoms with Gasteiger partial charge in [-0.1, -0.05) is 341 Å². The molecule has 0 saturated carbocycles. The molecule has 0 aliphatic rings. The molecule has 0 saturated heterocycles. The van der Waals surface area contributed by atoms with Crippen molar-refractivity contribution in [2.75, 3.05) is 26.4 Å². The summed E-state index contributed by atoms with van der Waals surface area (Å²) in [4.78, 5) is 35.4. The van der Waals surface area contributed by atoms with E-state index in [1.165, 1.54) is 199 Å². The normalized spacial score (nSPS) is 13.6. The first-order chi connectivity index (χ1) is 43.8. The van der Waals surface area contributed by atoms with Crippen LogP contribution in [0.15, 0.2) is 122 Å². The first-order valence-electron chi connectivity index (χ1n) is 37.0. The molecule has 0 aromatic carbocycles. The zero-order valence-electron chi connectivity index (χ0n) is 57.6. The summed E-state index contributed by atoms with van der Waals surface area (Å²) in [6, 6.07) is 0. The minimum Gasteiger partial charge on any atom is -0.462 e. The second kappa shape index (κ2) is 73.5. The number of phosphoric acid groups is 1. The highest BCUT2D eigenvalue weighted by Gasteiger charge is 2.26. The van der Waals surface area contributed by atoms with Gasteiger partial charge in [0, 0.05) is 19.4 Å². The van der Waals surface area contributed by atoms with Gasteiger partial charge in [0.1, 0.15) is 6.61 Å². The van der Waals surface area contributed by atoms with E-state index in [4.69, 9.17) is 24.3 Å². The molecule has 2 unspecified atom stereocenters. The van der Waals surface area contributed by atoms with Gasteiger partial charge >= 0.3 is 19.8 Å². The summed E-state index contributed by atoms with van der Waals surface area (Å²) in [5.41, 5.74) is 5.41. The Morgan fingerprint density at radius 2 is 0.584 bits per heavy atom. The molecule has 0 rings (SSSR count). The highest BCUT2D eigenvalue weighted by Crippen LogP contribution is 2.43. The number of carbonyl (C=O) groups is 2. The third-order valence-corrected chi connectivity index (χ3v) is 16.8. The monoisotopic (exact) mass is 1260 g/mol. The summed E-state index contributed by atoms with van der Waals surface area (Å²) in [5, 5.41) is 0. The summed E-state index contributed by atoms with van der Waals surface area (Å²) in [6.07, 6.45) is 103. The van der Waals surface area contributed by atoms with Crippen LogP contribution in [0.3, 0.4) is 0 Å². The van der Waals surface area contributed by atoms with Crippen molar-refractivity contribution in [2.24, 2.45) is 5.73 Å². The van der Waals surface area contributed by atoms with Crippen LogP contribution in [-0.2, 0) is 32.7 Å². The zero-order valence-corrected chi connectivity index (χ0v) is 58.5. The first kappa shape index (κ1) is 85.4. The van der Waals surface area contributed by atoms with E-state index in [0.29, 0.717) is 6.42 Å². The van der Waals surface area contributed by atoms with E-state index >= 15 is 0 Å². The number of carbonyl (C=O) groups excluding carboxylic acids is 2. The fourth-order valence-electron chi connectivity index (χ4n) is 10.5. The summed E-state index contributed by atoms with van der Waals surface area (Å²) in [5.74, 6) is -0.820. The molecule has 9 nitrogen and oxygen atoms in total. The van der Waals surface area contributed by atoms with Gasteiger partial charge in [-0.25, -0.2) is 4.57 Å². The predicted molar refractivity (Wildman–Crippen MR) is 385 cm³/mol. The number of hydrogen-bond acceptors (Lipinski definition) is 8. The molecule has 10 heteroatoms. The van der Waals surface area contributed by atoms with E-state index in [1.807, 2.05) is 0 Å². The topological polar surface area (TPSA) is 134 Å². The molecular formula is C79H138NO8P. The highest BCUT2D eigenvalue weighted by molar-refractivity contribution is 7.47. The van der Waals surface area contributed by atoms with Crippen LogP contribution in [0.4, 0.5) is 0 Å². The average molecular weight is 1260 g/mol. The van der Waals surface area contributed by atoms with Crippen molar-refractivity contribution in [2.45, 2.75) is 341 Å². The van der Waals surface area contributed by atoms with Crippen LogP contribution < -0.4 is 5.73 Å². The molecular weight excluding hydrogens is 1120 g/mol. The quantitative estimate of drug-likeness (QED) is 0.0264. The van der Waals surface area contributed by atoms with E-state index in [2.05, 4.69) is 135 Å². The fraction of sp³-hybridized carbons (Fsp3) is 0.722. The van der Waals surface area contributed by atoms with Crippen LogP contribution in [-0.4, -0.2) is 49.3 Å². The van der Waals surface area contributed by atoms with Gasteiger partial charge in [0.05, 0.1) is 13.2 Å². The Bertz CT molecular complexity index is 1880. The summed E-state index contributed by atoms with van der Waals surface area (Å²) >= 11 is 0. The SMILES string of the molecule is CC/C=C\C/C=C\C/C=C\C/C=C\C/C=C\C/C=C\CCCCCCCCCCCCCCC(=O)OC(COC(=O)CCCCCCCCCCCCCCCCCCCCCCCCCC/C=C\C/C=C\C/C=C\C/C=C\CC)COP(=O)(O)OCCN. The third kappa shape index (κ3) is 73.3. The van der Waals surface area contributed by atoms with Gasteiger partial charge in [-0.3, -0.25) is 18.6 Å². The summed E-state index contributed by atoms with van der Waals surface area (Å²) < 4.78 is 33.2. The van der Waals surface area contributed by atoms with E-state index in [-0.39, 0.29) is 38.6 Å². The Morgan fingerprint density at radius 3 is 0.865 bits per heavy atom. The van der Waals surface area contributed by atoms with Crippen molar-refractivity contribution in [3.63, 3.8) is 0 Å². The van der Waals surface area contributed by atoms with Crippen LogP contribution in [0.1, 0.15) is 335 Å². The molecule has 0 bridgehead atoms. The zero-order chi connectivity index (χ0) is 64.4. The molecule has 0 fully saturated rings. The smallest absolute Gasteiger partial charge is 0.462 e. The average Bonchev–Trinajstić information content (AvgIpc) is 3.68. The minimum absolute atomic E-state index is 0.0503. The van der Waals surface area contributed by atoms with Gasteiger partial charge in [-0.2, -0.15) is 0 Å². The molecule has 0 radical (unpaired) electrons. The third-order valence-electron chi connectivity index (χ3n) is 15.8. The molecule has 2 atom stereocenters.